The molecule has 1 atom stereocenters. The first-order valence-corrected chi connectivity index (χ1v) is 16.2. The molecule has 0 radical (unpaired) electrons. The first kappa shape index (κ1) is 31.8. The highest BCUT2D eigenvalue weighted by Crippen LogP contribution is 2.28. The third-order valence-corrected chi connectivity index (χ3v) is 9.59. The van der Waals surface area contributed by atoms with Crippen molar-refractivity contribution in [1.29, 1.82) is 0 Å². The van der Waals surface area contributed by atoms with Crippen molar-refractivity contribution in [2.75, 3.05) is 23.7 Å². The van der Waals surface area contributed by atoms with E-state index < -0.39 is 28.5 Å². The third-order valence-electron chi connectivity index (χ3n) is 6.32. The molecular formula is C29H33Cl2N3O4S2. The molecule has 11 heteroatoms. The average Bonchev–Trinajstić information content (AvgIpc) is 2.94. The van der Waals surface area contributed by atoms with Crippen LogP contribution in [-0.2, 0) is 26.2 Å². The van der Waals surface area contributed by atoms with Gasteiger partial charge in [0.1, 0.15) is 12.6 Å². The molecule has 2 amide bonds. The second kappa shape index (κ2) is 14.3. The Balaban J connectivity index is 2.06. The number of anilines is 1. The number of carbonyl (C=O) groups excluding carboxylic acids is 2. The van der Waals surface area contributed by atoms with Crippen LogP contribution in [0.1, 0.15) is 31.4 Å². The number of sulfonamides is 1. The molecule has 0 aliphatic heterocycles. The number of likely N-dealkylation sites (N-methyl/N-ethyl adjacent to an activating group) is 1. The van der Waals surface area contributed by atoms with Gasteiger partial charge in [-0.1, -0.05) is 53.9 Å². The van der Waals surface area contributed by atoms with Crippen LogP contribution in [0.2, 0.25) is 10.0 Å². The molecule has 0 aromatic heterocycles. The number of benzene rings is 3. The van der Waals surface area contributed by atoms with Crippen LogP contribution in [0.3, 0.4) is 0 Å². The minimum Gasteiger partial charge on any atom is -0.355 e. The lowest BCUT2D eigenvalue weighted by Gasteiger charge is -2.33. The van der Waals surface area contributed by atoms with Crippen LogP contribution in [0.15, 0.2) is 76.5 Å². The van der Waals surface area contributed by atoms with E-state index in [2.05, 4.69) is 5.32 Å². The van der Waals surface area contributed by atoms with Crippen molar-refractivity contribution in [3.05, 3.63) is 87.9 Å². The number of nitrogens with zero attached hydrogens (tertiary/aromatic N) is 2. The molecule has 1 N–H and O–H groups in total. The number of amides is 2. The fraction of sp³-hybridized carbons (Fsp3) is 0.310. The Morgan fingerprint density at radius 1 is 0.950 bits per heavy atom. The molecule has 0 bridgehead atoms. The van der Waals surface area contributed by atoms with Crippen LogP contribution in [0, 0.1) is 6.92 Å². The van der Waals surface area contributed by atoms with Gasteiger partial charge in [0, 0.05) is 18.0 Å². The summed E-state index contributed by atoms with van der Waals surface area (Å²) in [5, 5.41) is 3.46. The fourth-order valence-electron chi connectivity index (χ4n) is 4.16. The predicted molar refractivity (Wildman–Crippen MR) is 164 cm³/mol. The normalized spacial score (nSPS) is 12.1. The van der Waals surface area contributed by atoms with Crippen molar-refractivity contribution >= 4 is 62.5 Å². The number of halogens is 2. The van der Waals surface area contributed by atoms with E-state index >= 15 is 0 Å². The molecule has 0 spiro atoms. The zero-order valence-corrected chi connectivity index (χ0v) is 26.0. The molecular weight excluding hydrogens is 589 g/mol. The quantitative estimate of drug-likeness (QED) is 0.245. The first-order valence-electron chi connectivity index (χ1n) is 12.8. The zero-order valence-electron chi connectivity index (χ0n) is 22.9. The van der Waals surface area contributed by atoms with Crippen molar-refractivity contribution in [3.63, 3.8) is 0 Å². The molecule has 3 aromatic carbocycles. The van der Waals surface area contributed by atoms with Gasteiger partial charge in [-0.05, 0) is 80.6 Å². The fourth-order valence-corrected chi connectivity index (χ4v) is 6.30. The lowest BCUT2D eigenvalue weighted by atomic mass is 10.1. The Morgan fingerprint density at radius 2 is 1.60 bits per heavy atom. The maximum Gasteiger partial charge on any atom is 0.264 e. The lowest BCUT2D eigenvalue weighted by Crippen LogP contribution is -2.52. The van der Waals surface area contributed by atoms with E-state index in [-0.39, 0.29) is 17.3 Å². The summed E-state index contributed by atoms with van der Waals surface area (Å²) in [6.45, 7) is 5.41. The number of hydrogen-bond donors (Lipinski definition) is 1. The molecule has 3 aromatic rings. The van der Waals surface area contributed by atoms with Gasteiger partial charge in [-0.25, -0.2) is 8.42 Å². The highest BCUT2D eigenvalue weighted by Gasteiger charge is 2.33. The molecule has 0 aliphatic rings. The van der Waals surface area contributed by atoms with E-state index in [9.17, 15) is 18.0 Å². The third kappa shape index (κ3) is 7.72. The van der Waals surface area contributed by atoms with Crippen molar-refractivity contribution in [2.24, 2.45) is 0 Å². The Bertz CT molecular complexity index is 1430. The van der Waals surface area contributed by atoms with Gasteiger partial charge < -0.3 is 10.2 Å². The predicted octanol–water partition coefficient (Wildman–Crippen LogP) is 6.16. The minimum atomic E-state index is -4.13. The summed E-state index contributed by atoms with van der Waals surface area (Å²) < 4.78 is 28.9. The van der Waals surface area contributed by atoms with E-state index in [0.717, 1.165) is 14.8 Å². The number of aryl methyl sites for hydroxylation is 1. The van der Waals surface area contributed by atoms with Gasteiger partial charge in [-0.15, -0.1) is 11.8 Å². The maximum absolute atomic E-state index is 14.0. The van der Waals surface area contributed by atoms with Gasteiger partial charge in [-0.2, -0.15) is 0 Å². The SMILES string of the molecule is CCNC(=O)[C@H](CC)N(Cc1ccc(Cl)c(Cl)c1)C(=O)CN(c1ccc(C)cc1)S(=O)(=O)c1ccc(SC)cc1. The number of thioether (sulfide) groups is 1. The van der Waals surface area contributed by atoms with E-state index in [0.29, 0.717) is 34.3 Å². The number of hydrogen-bond acceptors (Lipinski definition) is 5. The Morgan fingerprint density at radius 3 is 2.15 bits per heavy atom. The van der Waals surface area contributed by atoms with Crippen LogP contribution in [-0.4, -0.2) is 50.5 Å². The average molecular weight is 623 g/mol. The van der Waals surface area contributed by atoms with E-state index in [1.54, 1.807) is 68.4 Å². The maximum atomic E-state index is 14.0. The topological polar surface area (TPSA) is 86.8 Å². The number of rotatable bonds is 12. The Labute approximate surface area is 250 Å². The summed E-state index contributed by atoms with van der Waals surface area (Å²) in [4.78, 5) is 29.4. The summed E-state index contributed by atoms with van der Waals surface area (Å²) in [5.41, 5.74) is 1.94. The molecule has 214 valence electrons. The van der Waals surface area contributed by atoms with E-state index in [1.807, 2.05) is 13.2 Å². The Hall–Kier alpha value is -2.72. The minimum absolute atomic E-state index is 0.0373. The van der Waals surface area contributed by atoms with Gasteiger partial charge in [0.15, 0.2) is 0 Å². The number of carbonyl (C=O) groups is 2. The van der Waals surface area contributed by atoms with Crippen molar-refractivity contribution in [3.8, 4) is 0 Å². The highest BCUT2D eigenvalue weighted by atomic mass is 35.5. The Kier molecular flexibility index (Phi) is 11.3. The van der Waals surface area contributed by atoms with Crippen LogP contribution < -0.4 is 9.62 Å². The summed E-state index contributed by atoms with van der Waals surface area (Å²) in [6.07, 6.45) is 2.23. The van der Waals surface area contributed by atoms with Crippen LogP contribution in [0.25, 0.3) is 0 Å². The van der Waals surface area contributed by atoms with Gasteiger partial charge in [0.05, 0.1) is 20.6 Å². The van der Waals surface area contributed by atoms with Gasteiger partial charge in [0.2, 0.25) is 11.8 Å². The van der Waals surface area contributed by atoms with Crippen LogP contribution in [0.4, 0.5) is 5.69 Å². The van der Waals surface area contributed by atoms with E-state index in [4.69, 9.17) is 23.2 Å². The molecule has 0 fully saturated rings. The molecule has 0 aliphatic carbocycles. The zero-order chi connectivity index (χ0) is 29.4. The molecule has 0 saturated heterocycles. The second-order valence-electron chi connectivity index (χ2n) is 9.11. The lowest BCUT2D eigenvalue weighted by molar-refractivity contribution is -0.140. The largest absolute Gasteiger partial charge is 0.355 e. The molecule has 7 nitrogen and oxygen atoms in total. The van der Waals surface area contributed by atoms with Crippen molar-refractivity contribution in [1.82, 2.24) is 10.2 Å². The smallest absolute Gasteiger partial charge is 0.264 e. The molecule has 0 heterocycles. The molecule has 0 unspecified atom stereocenters. The molecule has 40 heavy (non-hydrogen) atoms. The second-order valence-corrected chi connectivity index (χ2v) is 12.7. The summed E-state index contributed by atoms with van der Waals surface area (Å²) in [6, 6.07) is 17.6. The summed E-state index contributed by atoms with van der Waals surface area (Å²) in [5.74, 6) is -0.857. The standard InChI is InChI=1S/C29H33Cl2N3O4S2/c1-5-27(29(36)32-6-2)33(18-21-9-16-25(30)26(31)17-21)28(35)19-34(22-10-7-20(3)8-11-22)40(37,38)24-14-12-23(39-4)13-15-24/h7-17,27H,5-6,18-19H2,1-4H3,(H,32,36)/t27-/m0/s1. The van der Waals surface area contributed by atoms with Crippen molar-refractivity contribution < 1.29 is 18.0 Å². The van der Waals surface area contributed by atoms with Gasteiger partial charge >= 0.3 is 0 Å². The van der Waals surface area contributed by atoms with Crippen LogP contribution >= 0.6 is 35.0 Å². The monoisotopic (exact) mass is 621 g/mol. The van der Waals surface area contributed by atoms with Crippen LogP contribution in [0.5, 0.6) is 0 Å². The molecule has 3 rings (SSSR count). The van der Waals surface area contributed by atoms with Gasteiger partial charge in [-0.3, -0.25) is 13.9 Å². The van der Waals surface area contributed by atoms with Crippen molar-refractivity contribution in [2.45, 2.75) is 49.6 Å². The first-order chi connectivity index (χ1) is 19.0. The molecule has 0 saturated carbocycles. The van der Waals surface area contributed by atoms with E-state index in [1.165, 1.54) is 28.8 Å². The summed E-state index contributed by atoms with van der Waals surface area (Å²) in [7, 11) is -4.13. The number of nitrogens with one attached hydrogen (secondary N) is 1. The summed E-state index contributed by atoms with van der Waals surface area (Å²) >= 11 is 13.8. The van der Waals surface area contributed by atoms with Gasteiger partial charge in [0.25, 0.3) is 10.0 Å². The highest BCUT2D eigenvalue weighted by molar-refractivity contribution is 7.98.